The number of halogens is 1. The topological polar surface area (TPSA) is 12.0 Å². The summed E-state index contributed by atoms with van der Waals surface area (Å²) in [7, 11) is 0. The lowest BCUT2D eigenvalue weighted by Crippen LogP contribution is -2.22. The number of nitrogens with one attached hydrogen (secondary N) is 1. The Hall–Kier alpha value is -1.19. The molecule has 0 saturated heterocycles. The Morgan fingerprint density at radius 1 is 1.10 bits per heavy atom. The Bertz CT molecular complexity index is 566. The van der Waals surface area contributed by atoms with Crippen molar-refractivity contribution >= 4 is 11.3 Å². The average molecular weight is 305 g/mol. The summed E-state index contributed by atoms with van der Waals surface area (Å²) < 4.78 is 13.0. The molecule has 1 N–H and O–H groups in total. The zero-order valence-electron chi connectivity index (χ0n) is 13.2. The van der Waals surface area contributed by atoms with E-state index >= 15 is 0 Å². The lowest BCUT2D eigenvalue weighted by Gasteiger charge is -2.18. The van der Waals surface area contributed by atoms with Crippen LogP contribution in [0.5, 0.6) is 0 Å². The maximum Gasteiger partial charge on any atom is 0.123 e. The molecule has 0 aliphatic carbocycles. The van der Waals surface area contributed by atoms with E-state index < -0.39 is 0 Å². The highest BCUT2D eigenvalue weighted by Gasteiger charge is 2.19. The van der Waals surface area contributed by atoms with Gasteiger partial charge in [0.1, 0.15) is 5.82 Å². The van der Waals surface area contributed by atoms with Crippen LogP contribution in [-0.2, 0) is 11.8 Å². The molecule has 0 radical (unpaired) electrons. The van der Waals surface area contributed by atoms with Crippen LogP contribution in [0.3, 0.4) is 0 Å². The standard InChI is InChI=1S/C18H24FNS/c1-5-20-15(12-13-6-8-14(19)9-7-13)16-10-11-17(21-16)18(2,3)4/h6-11,15,20H,5,12H2,1-4H3. The summed E-state index contributed by atoms with van der Waals surface area (Å²) in [5.74, 6) is -0.176. The summed E-state index contributed by atoms with van der Waals surface area (Å²) in [5.41, 5.74) is 1.35. The highest BCUT2D eigenvalue weighted by molar-refractivity contribution is 7.12. The van der Waals surface area contributed by atoms with Crippen LogP contribution in [0.1, 0.15) is 49.1 Å². The zero-order valence-corrected chi connectivity index (χ0v) is 14.1. The molecule has 0 spiro atoms. The van der Waals surface area contributed by atoms with Crippen molar-refractivity contribution in [3.05, 3.63) is 57.5 Å². The predicted molar refractivity (Wildman–Crippen MR) is 89.5 cm³/mol. The Balaban J connectivity index is 2.18. The molecule has 1 aromatic heterocycles. The fraction of sp³-hybridized carbons (Fsp3) is 0.444. The van der Waals surface area contributed by atoms with Gasteiger partial charge in [0.25, 0.3) is 0 Å². The number of rotatable bonds is 5. The summed E-state index contributed by atoms with van der Waals surface area (Å²) in [6.45, 7) is 9.77. The van der Waals surface area contributed by atoms with Crippen LogP contribution in [0.2, 0.25) is 0 Å². The highest BCUT2D eigenvalue weighted by atomic mass is 32.1. The van der Waals surface area contributed by atoms with Crippen LogP contribution in [0.25, 0.3) is 0 Å². The van der Waals surface area contributed by atoms with Crippen LogP contribution in [0.4, 0.5) is 4.39 Å². The number of likely N-dealkylation sites (N-methyl/N-ethyl adjacent to an activating group) is 1. The van der Waals surface area contributed by atoms with E-state index in [1.165, 1.54) is 21.9 Å². The van der Waals surface area contributed by atoms with E-state index in [0.717, 1.165) is 18.5 Å². The molecule has 0 saturated carbocycles. The molecule has 1 heterocycles. The van der Waals surface area contributed by atoms with Crippen LogP contribution in [0, 0.1) is 5.82 Å². The van der Waals surface area contributed by atoms with E-state index in [4.69, 9.17) is 0 Å². The van der Waals surface area contributed by atoms with E-state index in [1.54, 1.807) is 0 Å². The summed E-state index contributed by atoms with van der Waals surface area (Å²) in [6, 6.07) is 11.6. The maximum absolute atomic E-state index is 13.0. The van der Waals surface area contributed by atoms with Crippen molar-refractivity contribution in [1.29, 1.82) is 0 Å². The van der Waals surface area contributed by atoms with E-state index in [2.05, 4.69) is 45.1 Å². The second kappa shape index (κ2) is 6.71. The van der Waals surface area contributed by atoms with Crippen molar-refractivity contribution in [2.45, 2.75) is 45.6 Å². The van der Waals surface area contributed by atoms with Gasteiger partial charge in [-0.15, -0.1) is 11.3 Å². The second-order valence-electron chi connectivity index (χ2n) is 6.39. The van der Waals surface area contributed by atoms with Crippen LogP contribution in [0.15, 0.2) is 36.4 Å². The lowest BCUT2D eigenvalue weighted by atomic mass is 9.95. The fourth-order valence-corrected chi connectivity index (χ4v) is 3.46. The molecular formula is C18H24FNS. The Morgan fingerprint density at radius 3 is 2.29 bits per heavy atom. The van der Waals surface area contributed by atoms with Gasteiger partial charge in [0.15, 0.2) is 0 Å². The third kappa shape index (κ3) is 4.39. The number of hydrogen-bond donors (Lipinski definition) is 1. The minimum atomic E-state index is -0.176. The molecule has 0 aliphatic rings. The van der Waals surface area contributed by atoms with Crippen molar-refractivity contribution in [3.63, 3.8) is 0 Å². The van der Waals surface area contributed by atoms with Gasteiger partial charge in [0.05, 0.1) is 0 Å². The van der Waals surface area contributed by atoms with E-state index in [1.807, 2.05) is 23.5 Å². The smallest absolute Gasteiger partial charge is 0.123 e. The molecule has 21 heavy (non-hydrogen) atoms. The molecule has 1 nitrogen and oxygen atoms in total. The lowest BCUT2D eigenvalue weighted by molar-refractivity contribution is 0.557. The first kappa shape index (κ1) is 16.2. The molecule has 1 atom stereocenters. The molecule has 2 rings (SSSR count). The molecule has 0 bridgehead atoms. The highest BCUT2D eigenvalue weighted by Crippen LogP contribution is 2.33. The van der Waals surface area contributed by atoms with Crippen molar-refractivity contribution in [2.24, 2.45) is 0 Å². The van der Waals surface area contributed by atoms with Crippen molar-refractivity contribution in [2.75, 3.05) is 6.54 Å². The fourth-order valence-electron chi connectivity index (χ4n) is 2.32. The first-order chi connectivity index (χ1) is 9.90. The third-order valence-electron chi connectivity index (χ3n) is 3.51. The van der Waals surface area contributed by atoms with Gasteiger partial charge in [-0.05, 0) is 48.2 Å². The molecule has 0 fully saturated rings. The first-order valence-corrected chi connectivity index (χ1v) is 8.30. The quantitative estimate of drug-likeness (QED) is 0.812. The Kier molecular flexibility index (Phi) is 5.17. The van der Waals surface area contributed by atoms with Gasteiger partial charge in [0.2, 0.25) is 0 Å². The van der Waals surface area contributed by atoms with Gasteiger partial charge in [-0.1, -0.05) is 39.8 Å². The van der Waals surface area contributed by atoms with E-state index in [9.17, 15) is 4.39 Å². The molecule has 0 amide bonds. The van der Waals surface area contributed by atoms with Gasteiger partial charge in [-0.2, -0.15) is 0 Å². The Labute approximate surface area is 131 Å². The van der Waals surface area contributed by atoms with Crippen LogP contribution in [-0.4, -0.2) is 6.54 Å². The van der Waals surface area contributed by atoms with E-state index in [-0.39, 0.29) is 11.2 Å². The predicted octanol–water partition coefficient (Wildman–Crippen LogP) is 5.08. The van der Waals surface area contributed by atoms with Gasteiger partial charge >= 0.3 is 0 Å². The number of thiophene rings is 1. The molecule has 0 aliphatic heterocycles. The van der Waals surface area contributed by atoms with Crippen LogP contribution >= 0.6 is 11.3 Å². The normalized spacial score (nSPS) is 13.4. The largest absolute Gasteiger partial charge is 0.309 e. The molecule has 1 aromatic carbocycles. The summed E-state index contributed by atoms with van der Waals surface area (Å²) in [4.78, 5) is 2.76. The van der Waals surface area contributed by atoms with Crippen molar-refractivity contribution < 1.29 is 4.39 Å². The molecule has 3 heteroatoms. The van der Waals surface area contributed by atoms with Crippen molar-refractivity contribution in [3.8, 4) is 0 Å². The summed E-state index contributed by atoms with van der Waals surface area (Å²) in [5, 5.41) is 3.54. The maximum atomic E-state index is 13.0. The number of benzene rings is 1. The monoisotopic (exact) mass is 305 g/mol. The molecule has 1 unspecified atom stereocenters. The molecule has 114 valence electrons. The minimum Gasteiger partial charge on any atom is -0.309 e. The SMILES string of the molecule is CCNC(Cc1ccc(F)cc1)c1ccc(C(C)(C)C)s1. The van der Waals surface area contributed by atoms with Crippen molar-refractivity contribution in [1.82, 2.24) is 5.32 Å². The Morgan fingerprint density at radius 2 is 1.76 bits per heavy atom. The zero-order chi connectivity index (χ0) is 15.5. The molecule has 2 aromatic rings. The van der Waals surface area contributed by atoms with Gasteiger partial charge in [-0.25, -0.2) is 4.39 Å². The average Bonchev–Trinajstić information content (AvgIpc) is 2.90. The minimum absolute atomic E-state index is 0.176. The van der Waals surface area contributed by atoms with E-state index in [0.29, 0.717) is 6.04 Å². The van der Waals surface area contributed by atoms with Gasteiger partial charge in [-0.3, -0.25) is 0 Å². The summed E-state index contributed by atoms with van der Waals surface area (Å²) in [6.07, 6.45) is 0.887. The number of hydrogen-bond acceptors (Lipinski definition) is 2. The molecular weight excluding hydrogens is 281 g/mol. The first-order valence-electron chi connectivity index (χ1n) is 7.48. The van der Waals surface area contributed by atoms with Gasteiger partial charge < -0.3 is 5.32 Å². The third-order valence-corrected chi connectivity index (χ3v) is 5.14. The second-order valence-corrected chi connectivity index (χ2v) is 7.51. The summed E-state index contributed by atoms with van der Waals surface area (Å²) >= 11 is 1.87. The van der Waals surface area contributed by atoms with Crippen LogP contribution < -0.4 is 5.32 Å². The van der Waals surface area contributed by atoms with Gasteiger partial charge in [0, 0.05) is 15.8 Å².